The number of hydrogen-bond donors (Lipinski definition) is 0. The van der Waals surface area contributed by atoms with Crippen LogP contribution in [-0.2, 0) is 14.3 Å². The molecule has 0 aromatic carbocycles. The summed E-state index contributed by atoms with van der Waals surface area (Å²) in [6.07, 6.45) is 8.88. The van der Waals surface area contributed by atoms with Gasteiger partial charge in [-0.25, -0.2) is 0 Å². The quantitative estimate of drug-likeness (QED) is 0.306. The van der Waals surface area contributed by atoms with Crippen LogP contribution in [0.25, 0.3) is 0 Å². The number of ether oxygens (including phenoxy) is 1. The molecule has 0 bridgehead atoms. The molecule has 0 amide bonds. The van der Waals surface area contributed by atoms with Crippen LogP contribution in [0.4, 0.5) is 0 Å². The maximum absolute atomic E-state index is 11.7. The van der Waals surface area contributed by atoms with Gasteiger partial charge in [-0.15, -0.1) is 12.3 Å². The molecule has 0 aromatic rings. The standard InChI is InChI=1S/C12H16O3/c1-3-4-5-8-12(11(14)15-2)9-6-7-10(12)13/h1H,4-9H2,2H3. The van der Waals surface area contributed by atoms with Gasteiger partial charge in [0.25, 0.3) is 0 Å². The number of rotatable bonds is 4. The van der Waals surface area contributed by atoms with Crippen molar-refractivity contribution in [1.82, 2.24) is 0 Å². The second-order valence-electron chi connectivity index (χ2n) is 3.91. The first-order chi connectivity index (χ1) is 7.17. The van der Waals surface area contributed by atoms with E-state index in [-0.39, 0.29) is 11.8 Å². The first-order valence-electron chi connectivity index (χ1n) is 5.22. The summed E-state index contributed by atoms with van der Waals surface area (Å²) in [4.78, 5) is 23.4. The monoisotopic (exact) mass is 208 g/mol. The van der Waals surface area contributed by atoms with Crippen LogP contribution in [0.1, 0.15) is 38.5 Å². The molecule has 1 fully saturated rings. The molecule has 3 nitrogen and oxygen atoms in total. The number of methoxy groups -OCH3 is 1. The number of hydrogen-bond acceptors (Lipinski definition) is 3. The summed E-state index contributed by atoms with van der Waals surface area (Å²) in [5.74, 6) is 2.15. The Labute approximate surface area is 90.2 Å². The Kier molecular flexibility index (Phi) is 3.90. The van der Waals surface area contributed by atoms with E-state index >= 15 is 0 Å². The van der Waals surface area contributed by atoms with Gasteiger partial charge in [-0.2, -0.15) is 0 Å². The van der Waals surface area contributed by atoms with Crippen LogP contribution in [0.3, 0.4) is 0 Å². The fourth-order valence-electron chi connectivity index (χ4n) is 2.20. The third-order valence-corrected chi connectivity index (χ3v) is 3.04. The first-order valence-corrected chi connectivity index (χ1v) is 5.22. The number of unbranched alkanes of at least 4 members (excludes halogenated alkanes) is 1. The SMILES string of the molecule is C#CCCCC1(C(=O)OC)CCCC1=O. The molecule has 1 saturated carbocycles. The Balaban J connectivity index is 2.73. The van der Waals surface area contributed by atoms with Gasteiger partial charge in [-0.1, -0.05) is 0 Å². The molecule has 0 saturated heterocycles. The summed E-state index contributed by atoms with van der Waals surface area (Å²) < 4.78 is 4.73. The highest BCUT2D eigenvalue weighted by Gasteiger charge is 2.48. The van der Waals surface area contributed by atoms with E-state index in [0.717, 1.165) is 6.42 Å². The largest absolute Gasteiger partial charge is 0.468 e. The zero-order valence-electron chi connectivity index (χ0n) is 9.04. The second kappa shape index (κ2) is 4.97. The molecule has 1 aliphatic carbocycles. The number of Topliss-reactive ketones (excluding diaryl/α,β-unsaturated/α-hetero) is 1. The molecule has 0 aromatic heterocycles. The third-order valence-electron chi connectivity index (χ3n) is 3.04. The van der Waals surface area contributed by atoms with Gasteiger partial charge in [0.15, 0.2) is 0 Å². The van der Waals surface area contributed by atoms with Crippen molar-refractivity contribution in [3.8, 4) is 12.3 Å². The van der Waals surface area contributed by atoms with Crippen molar-refractivity contribution in [2.24, 2.45) is 5.41 Å². The summed E-state index contributed by atoms with van der Waals surface area (Å²) >= 11 is 0. The van der Waals surface area contributed by atoms with E-state index in [1.165, 1.54) is 7.11 Å². The minimum Gasteiger partial charge on any atom is -0.468 e. The fourth-order valence-corrected chi connectivity index (χ4v) is 2.20. The third kappa shape index (κ3) is 2.20. The smallest absolute Gasteiger partial charge is 0.319 e. The molecule has 3 heteroatoms. The zero-order chi connectivity index (χ0) is 11.3. The maximum atomic E-state index is 11.7. The minimum atomic E-state index is -0.883. The second-order valence-corrected chi connectivity index (χ2v) is 3.91. The average Bonchev–Trinajstić information content (AvgIpc) is 2.61. The highest BCUT2D eigenvalue weighted by molar-refractivity contribution is 6.05. The predicted molar refractivity (Wildman–Crippen MR) is 56.0 cm³/mol. The Hall–Kier alpha value is -1.30. The molecule has 0 heterocycles. The molecule has 0 spiro atoms. The van der Waals surface area contributed by atoms with Crippen molar-refractivity contribution >= 4 is 11.8 Å². The first kappa shape index (κ1) is 11.8. The fraction of sp³-hybridized carbons (Fsp3) is 0.667. The summed E-state index contributed by atoms with van der Waals surface area (Å²) in [6, 6.07) is 0. The number of terminal acetylenes is 1. The van der Waals surface area contributed by atoms with Crippen molar-refractivity contribution in [3.05, 3.63) is 0 Å². The lowest BCUT2D eigenvalue weighted by molar-refractivity contribution is -0.157. The van der Waals surface area contributed by atoms with Crippen molar-refractivity contribution in [3.63, 3.8) is 0 Å². The van der Waals surface area contributed by atoms with E-state index in [0.29, 0.717) is 32.1 Å². The van der Waals surface area contributed by atoms with Gasteiger partial charge >= 0.3 is 5.97 Å². The Morgan fingerprint density at radius 1 is 1.67 bits per heavy atom. The van der Waals surface area contributed by atoms with Crippen LogP contribution >= 0.6 is 0 Å². The van der Waals surface area contributed by atoms with Crippen molar-refractivity contribution in [2.45, 2.75) is 38.5 Å². The molecule has 0 radical (unpaired) electrons. The van der Waals surface area contributed by atoms with Gasteiger partial charge in [0.2, 0.25) is 0 Å². The molecule has 0 aliphatic heterocycles. The topological polar surface area (TPSA) is 43.4 Å². The van der Waals surface area contributed by atoms with Gasteiger partial charge in [0, 0.05) is 12.8 Å². The minimum absolute atomic E-state index is 0.0198. The number of carbonyl (C=O) groups excluding carboxylic acids is 2. The van der Waals surface area contributed by atoms with Gasteiger partial charge in [-0.3, -0.25) is 9.59 Å². The van der Waals surface area contributed by atoms with Crippen molar-refractivity contribution in [1.29, 1.82) is 0 Å². The number of esters is 1. The van der Waals surface area contributed by atoms with Gasteiger partial charge < -0.3 is 4.74 Å². The van der Waals surface area contributed by atoms with Crippen LogP contribution in [0.5, 0.6) is 0 Å². The summed E-state index contributed by atoms with van der Waals surface area (Å²) in [5, 5.41) is 0. The van der Waals surface area contributed by atoms with Gasteiger partial charge in [0.1, 0.15) is 11.2 Å². The van der Waals surface area contributed by atoms with Gasteiger partial charge in [0.05, 0.1) is 7.11 Å². The van der Waals surface area contributed by atoms with E-state index < -0.39 is 5.41 Å². The molecule has 1 unspecified atom stereocenters. The van der Waals surface area contributed by atoms with E-state index in [1.807, 2.05) is 0 Å². The molecule has 1 aliphatic rings. The normalized spacial score (nSPS) is 24.9. The van der Waals surface area contributed by atoms with Crippen LogP contribution in [0.2, 0.25) is 0 Å². The highest BCUT2D eigenvalue weighted by Crippen LogP contribution is 2.40. The zero-order valence-corrected chi connectivity index (χ0v) is 9.04. The lowest BCUT2D eigenvalue weighted by Crippen LogP contribution is -2.36. The average molecular weight is 208 g/mol. The summed E-state index contributed by atoms with van der Waals surface area (Å²) in [6.45, 7) is 0. The van der Waals surface area contributed by atoms with Crippen molar-refractivity contribution < 1.29 is 14.3 Å². The number of carbonyl (C=O) groups is 2. The highest BCUT2D eigenvalue weighted by atomic mass is 16.5. The van der Waals surface area contributed by atoms with Crippen LogP contribution in [0.15, 0.2) is 0 Å². The Morgan fingerprint density at radius 2 is 2.40 bits per heavy atom. The van der Waals surface area contributed by atoms with E-state index in [2.05, 4.69) is 5.92 Å². The summed E-state index contributed by atoms with van der Waals surface area (Å²) in [7, 11) is 1.33. The maximum Gasteiger partial charge on any atom is 0.319 e. The Morgan fingerprint density at radius 3 is 2.87 bits per heavy atom. The Bertz CT molecular complexity index is 300. The van der Waals surface area contributed by atoms with Gasteiger partial charge in [-0.05, 0) is 25.7 Å². The van der Waals surface area contributed by atoms with E-state index in [9.17, 15) is 9.59 Å². The predicted octanol–water partition coefficient (Wildman–Crippen LogP) is 1.70. The van der Waals surface area contributed by atoms with Crippen LogP contribution < -0.4 is 0 Å². The molecule has 1 atom stereocenters. The lowest BCUT2D eigenvalue weighted by atomic mass is 9.80. The van der Waals surface area contributed by atoms with Crippen LogP contribution in [0, 0.1) is 17.8 Å². The summed E-state index contributed by atoms with van der Waals surface area (Å²) in [5.41, 5.74) is -0.883. The molecular weight excluding hydrogens is 192 g/mol. The molecule has 82 valence electrons. The molecule has 1 rings (SSSR count). The number of ketones is 1. The van der Waals surface area contributed by atoms with E-state index in [1.54, 1.807) is 0 Å². The molecule has 0 N–H and O–H groups in total. The van der Waals surface area contributed by atoms with E-state index in [4.69, 9.17) is 11.2 Å². The lowest BCUT2D eigenvalue weighted by Gasteiger charge is -2.23. The molecular formula is C12H16O3. The van der Waals surface area contributed by atoms with Crippen molar-refractivity contribution in [2.75, 3.05) is 7.11 Å². The van der Waals surface area contributed by atoms with Crippen LogP contribution in [-0.4, -0.2) is 18.9 Å². The molecule has 15 heavy (non-hydrogen) atoms.